The molecule has 2 aromatic carbocycles. The summed E-state index contributed by atoms with van der Waals surface area (Å²) in [4.78, 5) is 37.9. The van der Waals surface area contributed by atoms with Crippen LogP contribution in [0.3, 0.4) is 0 Å². The number of benzene rings is 2. The van der Waals surface area contributed by atoms with Gasteiger partial charge >= 0.3 is 5.97 Å². The van der Waals surface area contributed by atoms with E-state index in [9.17, 15) is 14.4 Å². The number of hydrogen-bond donors (Lipinski definition) is 0. The zero-order valence-corrected chi connectivity index (χ0v) is 13.4. The van der Waals surface area contributed by atoms with Crippen LogP contribution < -0.4 is 4.74 Å². The molecule has 2 aliphatic rings. The van der Waals surface area contributed by atoms with E-state index in [0.717, 1.165) is 0 Å². The normalized spacial score (nSPS) is 19.2. The average molecular weight is 334 g/mol. The van der Waals surface area contributed by atoms with Gasteiger partial charge in [0, 0.05) is 22.6 Å². The Labute approximate surface area is 143 Å². The van der Waals surface area contributed by atoms with Gasteiger partial charge in [-0.25, -0.2) is 0 Å². The van der Waals surface area contributed by atoms with Gasteiger partial charge in [0.05, 0.1) is 19.1 Å². The minimum Gasteiger partial charge on any atom is -0.496 e. The molecular weight excluding hydrogens is 320 g/mol. The number of carbonyl (C=O) groups is 3. The van der Waals surface area contributed by atoms with Crippen LogP contribution in [-0.2, 0) is 9.53 Å². The fraction of sp³-hybridized carbons (Fsp3) is 0.150. The summed E-state index contributed by atoms with van der Waals surface area (Å²) in [7, 11) is 1.53. The van der Waals surface area contributed by atoms with Crippen molar-refractivity contribution >= 4 is 17.5 Å². The van der Waals surface area contributed by atoms with E-state index in [1.807, 2.05) is 6.07 Å². The van der Waals surface area contributed by atoms with Crippen molar-refractivity contribution < 1.29 is 23.9 Å². The number of Topliss-reactive ketones (excluding diaryl/α,β-unsaturated/α-hetero) is 2. The molecule has 25 heavy (non-hydrogen) atoms. The van der Waals surface area contributed by atoms with Crippen molar-refractivity contribution in [2.45, 2.75) is 12.3 Å². The van der Waals surface area contributed by atoms with Gasteiger partial charge in [0.1, 0.15) is 5.75 Å². The lowest BCUT2D eigenvalue weighted by atomic mass is 9.76. The van der Waals surface area contributed by atoms with Crippen LogP contribution in [0.2, 0.25) is 0 Å². The second-order valence-electron chi connectivity index (χ2n) is 5.92. The van der Waals surface area contributed by atoms with E-state index < -0.39 is 17.7 Å². The molecule has 1 heterocycles. The van der Waals surface area contributed by atoms with Gasteiger partial charge < -0.3 is 9.47 Å². The molecule has 1 atom stereocenters. The Morgan fingerprint density at radius 3 is 2.28 bits per heavy atom. The smallest absolute Gasteiger partial charge is 0.312 e. The third-order valence-electron chi connectivity index (χ3n) is 4.56. The van der Waals surface area contributed by atoms with Crippen molar-refractivity contribution in [1.29, 1.82) is 0 Å². The molecule has 0 amide bonds. The van der Waals surface area contributed by atoms with E-state index in [-0.39, 0.29) is 29.1 Å². The summed E-state index contributed by atoms with van der Waals surface area (Å²) in [6.07, 6.45) is -0.0135. The van der Waals surface area contributed by atoms with Crippen molar-refractivity contribution in [3.05, 3.63) is 76.6 Å². The molecule has 0 bridgehead atoms. The first kappa shape index (κ1) is 15.3. The predicted octanol–water partition coefficient (Wildman–Crippen LogP) is 3.06. The monoisotopic (exact) mass is 334 g/mol. The number of allylic oxidation sites excluding steroid dienone is 2. The zero-order valence-electron chi connectivity index (χ0n) is 13.4. The first-order chi connectivity index (χ1) is 12.1. The lowest BCUT2D eigenvalue weighted by Gasteiger charge is -2.30. The van der Waals surface area contributed by atoms with Gasteiger partial charge in [0.15, 0.2) is 11.5 Å². The highest BCUT2D eigenvalue weighted by molar-refractivity contribution is 6.27. The molecule has 4 rings (SSSR count). The van der Waals surface area contributed by atoms with Crippen molar-refractivity contribution in [3.8, 4) is 5.75 Å². The first-order valence-corrected chi connectivity index (χ1v) is 7.88. The summed E-state index contributed by atoms with van der Waals surface area (Å²) in [6.45, 7) is 0. The number of rotatable bonds is 2. The maximum Gasteiger partial charge on any atom is 0.312 e. The standard InChI is InChI=1S/C20H14O5/c1-24-15-9-5-4-6-11(15)14-10-16(21)25-20-17(14)18(22)12-7-2-3-8-13(12)19(20)23/h2-9,14H,10H2,1H3/t14-/m0/s1. The van der Waals surface area contributed by atoms with E-state index in [1.165, 1.54) is 7.11 Å². The summed E-state index contributed by atoms with van der Waals surface area (Å²) in [5.74, 6) is -1.41. The van der Waals surface area contributed by atoms with Crippen LogP contribution in [0.1, 0.15) is 38.6 Å². The van der Waals surface area contributed by atoms with Gasteiger partial charge in [-0.05, 0) is 6.07 Å². The Bertz CT molecular complexity index is 954. The number of fused-ring (bicyclic) bond motifs is 1. The Morgan fingerprint density at radius 1 is 0.920 bits per heavy atom. The summed E-state index contributed by atoms with van der Waals surface area (Å²) in [6, 6.07) is 13.8. The van der Waals surface area contributed by atoms with Gasteiger partial charge in [-0.15, -0.1) is 0 Å². The molecule has 1 aliphatic carbocycles. The van der Waals surface area contributed by atoms with E-state index in [1.54, 1.807) is 42.5 Å². The van der Waals surface area contributed by atoms with Crippen LogP contribution >= 0.6 is 0 Å². The number of carbonyl (C=O) groups excluding carboxylic acids is 3. The van der Waals surface area contributed by atoms with Gasteiger partial charge in [-0.1, -0.05) is 42.5 Å². The average Bonchev–Trinajstić information content (AvgIpc) is 2.65. The third kappa shape index (κ3) is 2.28. The Morgan fingerprint density at radius 2 is 1.56 bits per heavy atom. The maximum atomic E-state index is 13.0. The van der Waals surface area contributed by atoms with Crippen LogP contribution in [0.5, 0.6) is 5.75 Å². The van der Waals surface area contributed by atoms with Crippen LogP contribution in [0.25, 0.3) is 0 Å². The molecule has 5 nitrogen and oxygen atoms in total. The van der Waals surface area contributed by atoms with E-state index in [2.05, 4.69) is 0 Å². The summed E-state index contributed by atoms with van der Waals surface area (Å²) >= 11 is 0. The molecule has 0 saturated heterocycles. The minimum absolute atomic E-state index is 0.0135. The minimum atomic E-state index is -0.572. The van der Waals surface area contributed by atoms with Gasteiger partial charge in [0.25, 0.3) is 0 Å². The van der Waals surface area contributed by atoms with Gasteiger partial charge in [-0.2, -0.15) is 0 Å². The summed E-state index contributed by atoms with van der Waals surface area (Å²) < 4.78 is 10.6. The lowest BCUT2D eigenvalue weighted by molar-refractivity contribution is -0.140. The molecule has 0 saturated carbocycles. The van der Waals surface area contributed by atoms with Crippen LogP contribution in [0.4, 0.5) is 0 Å². The van der Waals surface area contributed by atoms with Crippen molar-refractivity contribution in [2.24, 2.45) is 0 Å². The highest BCUT2D eigenvalue weighted by atomic mass is 16.5. The number of methoxy groups -OCH3 is 1. The van der Waals surface area contributed by atoms with Crippen LogP contribution in [0, 0.1) is 0 Å². The van der Waals surface area contributed by atoms with Gasteiger partial charge in [0.2, 0.25) is 5.78 Å². The van der Waals surface area contributed by atoms with Crippen molar-refractivity contribution in [1.82, 2.24) is 0 Å². The molecule has 1 aliphatic heterocycles. The quantitative estimate of drug-likeness (QED) is 0.790. The Balaban J connectivity index is 1.93. The topological polar surface area (TPSA) is 69.7 Å². The number of para-hydroxylation sites is 1. The van der Waals surface area contributed by atoms with E-state index in [4.69, 9.17) is 9.47 Å². The van der Waals surface area contributed by atoms with Crippen molar-refractivity contribution in [2.75, 3.05) is 7.11 Å². The Kier molecular flexibility index (Phi) is 3.50. The molecule has 0 radical (unpaired) electrons. The first-order valence-electron chi connectivity index (χ1n) is 7.88. The molecule has 0 aromatic heterocycles. The fourth-order valence-electron chi connectivity index (χ4n) is 3.43. The largest absolute Gasteiger partial charge is 0.496 e. The molecule has 5 heteroatoms. The summed E-state index contributed by atoms with van der Waals surface area (Å²) in [5.41, 5.74) is 1.52. The molecule has 0 spiro atoms. The van der Waals surface area contributed by atoms with E-state index >= 15 is 0 Å². The van der Waals surface area contributed by atoms with Crippen LogP contribution in [0.15, 0.2) is 59.9 Å². The van der Waals surface area contributed by atoms with Crippen LogP contribution in [-0.4, -0.2) is 24.6 Å². The second kappa shape index (κ2) is 5.70. The molecule has 0 N–H and O–H groups in total. The number of esters is 1. The number of ether oxygens (including phenoxy) is 2. The molecule has 2 aromatic rings. The van der Waals surface area contributed by atoms with E-state index in [0.29, 0.717) is 16.9 Å². The molecular formula is C20H14O5. The fourth-order valence-corrected chi connectivity index (χ4v) is 3.43. The second-order valence-corrected chi connectivity index (χ2v) is 5.92. The predicted molar refractivity (Wildman–Crippen MR) is 88.6 cm³/mol. The highest BCUT2D eigenvalue weighted by Gasteiger charge is 2.43. The van der Waals surface area contributed by atoms with Gasteiger partial charge in [-0.3, -0.25) is 14.4 Å². The zero-order chi connectivity index (χ0) is 17.6. The molecule has 0 unspecified atom stereocenters. The summed E-state index contributed by atoms with van der Waals surface area (Å²) in [5, 5.41) is 0. The number of ketones is 2. The SMILES string of the molecule is COc1ccccc1[C@@H]1CC(=O)OC2=C1C(=O)c1ccccc1C2=O. The lowest BCUT2D eigenvalue weighted by Crippen LogP contribution is -2.33. The molecule has 0 fully saturated rings. The highest BCUT2D eigenvalue weighted by Crippen LogP contribution is 2.43. The Hall–Kier alpha value is -3.21. The molecule has 124 valence electrons. The number of hydrogen-bond acceptors (Lipinski definition) is 5. The van der Waals surface area contributed by atoms with Crippen molar-refractivity contribution in [3.63, 3.8) is 0 Å². The third-order valence-corrected chi connectivity index (χ3v) is 4.56. The maximum absolute atomic E-state index is 13.0.